The number of halogens is 1. The number of sulfone groups is 1. The number of phosphoric ester groups is 1. The van der Waals surface area contributed by atoms with Crippen molar-refractivity contribution >= 4 is 29.3 Å². The summed E-state index contributed by atoms with van der Waals surface area (Å²) in [5.74, 6) is -0.485. The predicted molar refractivity (Wildman–Crippen MR) is 68.2 cm³/mol. The van der Waals surface area contributed by atoms with Gasteiger partial charge in [0.2, 0.25) is 0 Å². The fourth-order valence-corrected chi connectivity index (χ4v) is 3.57. The van der Waals surface area contributed by atoms with E-state index in [9.17, 15) is 13.0 Å². The Hall–Kier alpha value is -0.600. The van der Waals surface area contributed by atoms with E-state index in [4.69, 9.17) is 16.1 Å². The predicted octanol–water partition coefficient (Wildman–Crippen LogP) is 1.65. The maximum Gasteiger partial charge on any atom is 0.530 e. The lowest BCUT2D eigenvalue weighted by Crippen LogP contribution is -2.10. The fourth-order valence-electron chi connectivity index (χ4n) is 1.25. The van der Waals surface area contributed by atoms with Crippen LogP contribution >= 0.6 is 19.4 Å². The molecule has 0 bridgehead atoms. The molecular weight excluding hydrogens is 319 g/mol. The molecule has 0 aliphatic rings. The molecule has 0 radical (unpaired) electrons. The smallest absolute Gasteiger partial charge is 0.382 e. The maximum atomic E-state index is 11.8. The van der Waals surface area contributed by atoms with Crippen LogP contribution in [-0.4, -0.2) is 38.2 Å². The number of hydrogen-bond acceptors (Lipinski definition) is 7. The van der Waals surface area contributed by atoms with Crippen LogP contribution in [0.2, 0.25) is 5.02 Å². The van der Waals surface area contributed by atoms with Gasteiger partial charge >= 0.3 is 7.82 Å². The second-order valence-corrected chi connectivity index (χ2v) is 7.73. The molecule has 110 valence electrons. The van der Waals surface area contributed by atoms with E-state index in [0.717, 1.165) is 18.9 Å². The lowest BCUT2D eigenvalue weighted by atomic mass is 10.7. The van der Waals surface area contributed by atoms with Crippen LogP contribution in [0.4, 0.5) is 0 Å². The van der Waals surface area contributed by atoms with Gasteiger partial charge in [-0.2, -0.15) is 0 Å². The monoisotopic (exact) mass is 332 g/mol. The second kappa shape index (κ2) is 5.80. The summed E-state index contributed by atoms with van der Waals surface area (Å²) in [6.45, 7) is 1.47. The Labute approximate surface area is 116 Å². The van der Waals surface area contributed by atoms with Crippen LogP contribution in [0, 0.1) is 0 Å². The van der Waals surface area contributed by atoms with E-state index >= 15 is 0 Å². The van der Waals surface area contributed by atoms with Crippen LogP contribution in [0.1, 0.15) is 6.92 Å². The van der Waals surface area contributed by atoms with Crippen molar-refractivity contribution in [3.8, 4) is 5.88 Å². The van der Waals surface area contributed by atoms with Gasteiger partial charge in [-0.05, 0) is 0 Å². The first-order valence-electron chi connectivity index (χ1n) is 5.07. The topological polar surface area (TPSA) is 96.7 Å². The van der Waals surface area contributed by atoms with Gasteiger partial charge in [-0.15, -0.1) is 5.10 Å². The van der Waals surface area contributed by atoms with Crippen molar-refractivity contribution in [2.45, 2.75) is 11.9 Å². The Morgan fingerprint density at radius 2 is 1.89 bits per heavy atom. The Morgan fingerprint density at radius 1 is 1.37 bits per heavy atom. The quantitative estimate of drug-likeness (QED) is 0.730. The number of aryl methyl sites for hydroxylation is 1. The van der Waals surface area contributed by atoms with Gasteiger partial charge in [-0.25, -0.2) is 13.0 Å². The molecule has 1 rings (SSSR count). The summed E-state index contributed by atoms with van der Waals surface area (Å²) in [5.41, 5.74) is 0. The molecular formula is C8H14ClN2O6PS. The number of aromatic nitrogens is 2. The molecule has 8 nitrogen and oxygen atoms in total. The molecule has 1 aromatic rings. The van der Waals surface area contributed by atoms with Gasteiger partial charge in [0.1, 0.15) is 5.02 Å². The number of rotatable bonds is 6. The molecule has 0 aliphatic carbocycles. The van der Waals surface area contributed by atoms with E-state index in [1.165, 1.54) is 14.0 Å². The van der Waals surface area contributed by atoms with E-state index < -0.39 is 17.7 Å². The van der Waals surface area contributed by atoms with Crippen LogP contribution < -0.4 is 4.52 Å². The molecule has 0 saturated heterocycles. The standard InChI is InChI=1S/C8H14ClN2O6PS/c1-5-19(13,14)8-6(9)7(10-11(8)2)17-18(12,15-3)16-4/h5H2,1-4H3. The summed E-state index contributed by atoms with van der Waals surface area (Å²) in [6.07, 6.45) is 0. The fraction of sp³-hybridized carbons (Fsp3) is 0.625. The van der Waals surface area contributed by atoms with Crippen molar-refractivity contribution in [2.24, 2.45) is 7.05 Å². The second-order valence-electron chi connectivity index (χ2n) is 3.35. The van der Waals surface area contributed by atoms with E-state index in [1.54, 1.807) is 0 Å². The van der Waals surface area contributed by atoms with Crippen molar-refractivity contribution in [1.82, 2.24) is 9.78 Å². The molecule has 1 aromatic heterocycles. The Bertz CT molecular complexity index is 605. The SMILES string of the molecule is CCS(=O)(=O)c1c(Cl)c(OP(=O)(OC)OC)nn1C. The van der Waals surface area contributed by atoms with Gasteiger partial charge in [0.15, 0.2) is 14.9 Å². The molecule has 0 spiro atoms. The van der Waals surface area contributed by atoms with E-state index in [-0.39, 0.29) is 21.7 Å². The third kappa shape index (κ3) is 3.29. The van der Waals surface area contributed by atoms with Gasteiger partial charge in [0.05, 0.1) is 5.75 Å². The lowest BCUT2D eigenvalue weighted by Gasteiger charge is -2.11. The van der Waals surface area contributed by atoms with Crippen LogP contribution in [-0.2, 0) is 30.5 Å². The van der Waals surface area contributed by atoms with Gasteiger partial charge < -0.3 is 4.52 Å². The highest BCUT2D eigenvalue weighted by molar-refractivity contribution is 7.91. The highest BCUT2D eigenvalue weighted by Crippen LogP contribution is 2.49. The van der Waals surface area contributed by atoms with Gasteiger partial charge in [-0.3, -0.25) is 13.7 Å². The Kier molecular flexibility index (Phi) is 5.02. The number of nitrogens with zero attached hydrogens (tertiary/aromatic N) is 2. The van der Waals surface area contributed by atoms with Gasteiger partial charge in [0, 0.05) is 21.3 Å². The van der Waals surface area contributed by atoms with Crippen molar-refractivity contribution in [3.63, 3.8) is 0 Å². The highest BCUT2D eigenvalue weighted by Gasteiger charge is 2.32. The highest BCUT2D eigenvalue weighted by atomic mass is 35.5. The average molecular weight is 333 g/mol. The van der Waals surface area contributed by atoms with Crippen molar-refractivity contribution in [1.29, 1.82) is 0 Å². The van der Waals surface area contributed by atoms with Crippen LogP contribution in [0.5, 0.6) is 5.88 Å². The summed E-state index contributed by atoms with van der Waals surface area (Å²) in [6, 6.07) is 0. The molecule has 0 atom stereocenters. The molecule has 1 heterocycles. The van der Waals surface area contributed by atoms with Crippen LogP contribution in [0.15, 0.2) is 5.03 Å². The molecule has 0 saturated carbocycles. The zero-order valence-electron chi connectivity index (χ0n) is 10.8. The minimum Gasteiger partial charge on any atom is -0.382 e. The zero-order chi connectivity index (χ0) is 14.8. The first-order chi connectivity index (χ1) is 8.70. The number of phosphoric acid groups is 1. The summed E-state index contributed by atoms with van der Waals surface area (Å²) in [5, 5.41) is 3.27. The van der Waals surface area contributed by atoms with Crippen molar-refractivity contribution in [2.75, 3.05) is 20.0 Å². The first-order valence-corrected chi connectivity index (χ1v) is 8.56. The average Bonchev–Trinajstić information content (AvgIpc) is 2.64. The van der Waals surface area contributed by atoms with Crippen LogP contribution in [0.25, 0.3) is 0 Å². The zero-order valence-corrected chi connectivity index (χ0v) is 13.3. The Morgan fingerprint density at radius 3 is 2.32 bits per heavy atom. The Balaban J connectivity index is 3.29. The van der Waals surface area contributed by atoms with Crippen LogP contribution in [0.3, 0.4) is 0 Å². The number of hydrogen-bond donors (Lipinski definition) is 0. The molecule has 0 fully saturated rings. The molecule has 0 aliphatic heterocycles. The summed E-state index contributed by atoms with van der Waals surface area (Å²) in [4.78, 5) is 0. The maximum absolute atomic E-state index is 11.8. The van der Waals surface area contributed by atoms with E-state index in [0.29, 0.717) is 0 Å². The van der Waals surface area contributed by atoms with Crippen molar-refractivity contribution < 1.29 is 26.6 Å². The van der Waals surface area contributed by atoms with Gasteiger partial charge in [0.25, 0.3) is 5.88 Å². The van der Waals surface area contributed by atoms with E-state index in [1.807, 2.05) is 0 Å². The lowest BCUT2D eigenvalue weighted by molar-refractivity contribution is 0.208. The summed E-state index contributed by atoms with van der Waals surface area (Å²) < 4.78 is 50.5. The summed E-state index contributed by atoms with van der Waals surface area (Å²) in [7, 11) is -3.83. The van der Waals surface area contributed by atoms with Crippen molar-refractivity contribution in [3.05, 3.63) is 5.02 Å². The molecule has 0 N–H and O–H groups in total. The summed E-state index contributed by atoms with van der Waals surface area (Å²) >= 11 is 5.89. The van der Waals surface area contributed by atoms with Gasteiger partial charge in [-0.1, -0.05) is 18.5 Å². The molecule has 0 aromatic carbocycles. The van der Waals surface area contributed by atoms with E-state index in [2.05, 4.69) is 14.1 Å². The molecule has 11 heteroatoms. The first kappa shape index (κ1) is 16.5. The molecule has 0 unspecified atom stereocenters. The molecule has 19 heavy (non-hydrogen) atoms. The minimum absolute atomic E-state index is 0.155. The minimum atomic E-state index is -3.85. The largest absolute Gasteiger partial charge is 0.530 e. The normalized spacial score (nSPS) is 12.7. The molecule has 0 amide bonds. The third-order valence-corrected chi connectivity index (χ3v) is 5.79. The third-order valence-electron chi connectivity index (χ3n) is 2.23.